The Labute approximate surface area is 192 Å². The quantitative estimate of drug-likeness (QED) is 0.387. The van der Waals surface area contributed by atoms with Crippen LogP contribution in [0.25, 0.3) is 0 Å². The minimum Gasteiger partial charge on any atom is -0.393 e. The molecule has 0 amide bonds. The fraction of sp³-hybridized carbons (Fsp3) is 0.933. The first-order valence-electron chi connectivity index (χ1n) is 13.6. The maximum absolute atomic E-state index is 10.9. The lowest BCUT2D eigenvalue weighted by molar-refractivity contribution is -0.184. The molecular formula is C30H50O. The molecule has 176 valence electrons. The maximum Gasteiger partial charge on any atom is 0.0594 e. The number of aliphatic hydroxyl groups is 1. The molecule has 0 heterocycles. The Balaban J connectivity index is 1.56. The molecular weight excluding hydrogens is 376 g/mol. The molecule has 0 unspecified atom stereocenters. The molecule has 8 atom stereocenters. The third-order valence-corrected chi connectivity index (χ3v) is 12.7. The van der Waals surface area contributed by atoms with Crippen LogP contribution in [0.3, 0.4) is 0 Å². The standard InChI is InChI=1S/C30H50O/c1-25(2)17-18-27(5)13-9-21-29(7)14-10-20-26(3,4)24(31)12-16-28(20,6)22(29)11-15-30(21,8)23(27)19-25/h9,20,22-24,31H,10-19H2,1-8H3/t20-,22-,23+,24-,27+,28+,29+,30+/m0/s1. The van der Waals surface area contributed by atoms with E-state index in [1.54, 1.807) is 0 Å². The number of fused-ring (bicyclic) bond motifs is 7. The Kier molecular flexibility index (Phi) is 4.66. The van der Waals surface area contributed by atoms with E-state index in [1.807, 2.05) is 5.57 Å². The van der Waals surface area contributed by atoms with Crippen molar-refractivity contribution in [3.63, 3.8) is 0 Å². The van der Waals surface area contributed by atoms with Gasteiger partial charge in [0.25, 0.3) is 0 Å². The predicted molar refractivity (Wildman–Crippen MR) is 131 cm³/mol. The van der Waals surface area contributed by atoms with Crippen molar-refractivity contribution in [1.82, 2.24) is 0 Å². The SMILES string of the molecule is CC1(C)CC[C@@]2(C)CC=C3[C@@](C)(CC[C@H]4[C@]5(C)CC[C@H](O)C(C)(C)[C@@H]5CC[C@]34C)[C@@H]2C1. The van der Waals surface area contributed by atoms with E-state index >= 15 is 0 Å². The molecule has 0 radical (unpaired) electrons. The van der Waals surface area contributed by atoms with Crippen LogP contribution in [0.15, 0.2) is 11.6 Å². The van der Waals surface area contributed by atoms with E-state index in [0.717, 1.165) is 18.3 Å². The van der Waals surface area contributed by atoms with Crippen molar-refractivity contribution in [2.45, 2.75) is 126 Å². The summed E-state index contributed by atoms with van der Waals surface area (Å²) in [7, 11) is 0. The summed E-state index contributed by atoms with van der Waals surface area (Å²) < 4.78 is 0. The first-order valence-corrected chi connectivity index (χ1v) is 13.6. The second-order valence-corrected chi connectivity index (χ2v) is 15.3. The smallest absolute Gasteiger partial charge is 0.0594 e. The largest absolute Gasteiger partial charge is 0.393 e. The highest BCUT2D eigenvalue weighted by Gasteiger charge is 2.66. The molecule has 5 aliphatic carbocycles. The summed E-state index contributed by atoms with van der Waals surface area (Å²) in [4.78, 5) is 0. The number of allylic oxidation sites excluding steroid dienone is 2. The zero-order valence-electron chi connectivity index (χ0n) is 21.9. The monoisotopic (exact) mass is 426 g/mol. The molecule has 1 heteroatoms. The first kappa shape index (κ1) is 22.5. The van der Waals surface area contributed by atoms with Crippen LogP contribution in [0, 0.1) is 50.2 Å². The van der Waals surface area contributed by atoms with Gasteiger partial charge < -0.3 is 5.11 Å². The zero-order valence-corrected chi connectivity index (χ0v) is 21.9. The average Bonchev–Trinajstić information content (AvgIpc) is 2.66. The van der Waals surface area contributed by atoms with Gasteiger partial charge in [0.2, 0.25) is 0 Å². The lowest BCUT2D eigenvalue weighted by atomic mass is 9.35. The van der Waals surface area contributed by atoms with Crippen molar-refractivity contribution in [3.05, 3.63) is 11.6 Å². The van der Waals surface area contributed by atoms with Gasteiger partial charge in [-0.2, -0.15) is 0 Å². The predicted octanol–water partition coefficient (Wildman–Crippen LogP) is 8.17. The number of hydrogen-bond acceptors (Lipinski definition) is 1. The van der Waals surface area contributed by atoms with E-state index < -0.39 is 0 Å². The van der Waals surface area contributed by atoms with Gasteiger partial charge in [0.1, 0.15) is 0 Å². The topological polar surface area (TPSA) is 20.2 Å². The zero-order chi connectivity index (χ0) is 22.7. The molecule has 5 rings (SSSR count). The second kappa shape index (κ2) is 6.43. The lowest BCUT2D eigenvalue weighted by Crippen LogP contribution is -2.63. The minimum absolute atomic E-state index is 0.0575. The Morgan fingerprint density at radius 3 is 2.00 bits per heavy atom. The summed E-state index contributed by atoms with van der Waals surface area (Å²) in [6.45, 7) is 20.4. The van der Waals surface area contributed by atoms with Crippen LogP contribution in [-0.4, -0.2) is 11.2 Å². The van der Waals surface area contributed by atoms with Crippen LogP contribution < -0.4 is 0 Å². The van der Waals surface area contributed by atoms with Crippen LogP contribution in [0.5, 0.6) is 0 Å². The van der Waals surface area contributed by atoms with Crippen LogP contribution in [0.1, 0.15) is 120 Å². The fourth-order valence-electron chi connectivity index (χ4n) is 10.8. The molecule has 0 aromatic rings. The van der Waals surface area contributed by atoms with E-state index in [9.17, 15) is 5.11 Å². The average molecular weight is 427 g/mol. The van der Waals surface area contributed by atoms with Crippen LogP contribution in [0.4, 0.5) is 0 Å². The molecule has 1 nitrogen and oxygen atoms in total. The highest BCUT2D eigenvalue weighted by atomic mass is 16.3. The van der Waals surface area contributed by atoms with Crippen LogP contribution in [-0.2, 0) is 0 Å². The van der Waals surface area contributed by atoms with Gasteiger partial charge in [0.15, 0.2) is 0 Å². The molecule has 0 aromatic heterocycles. The Morgan fingerprint density at radius 1 is 0.710 bits per heavy atom. The van der Waals surface area contributed by atoms with Gasteiger partial charge in [-0.3, -0.25) is 0 Å². The summed E-state index contributed by atoms with van der Waals surface area (Å²) in [5.74, 6) is 2.29. The number of hydrogen-bond donors (Lipinski definition) is 1. The highest BCUT2D eigenvalue weighted by Crippen LogP contribution is 2.74. The number of rotatable bonds is 0. The summed E-state index contributed by atoms with van der Waals surface area (Å²) in [5.41, 5.74) is 4.07. The molecule has 5 aliphatic rings. The van der Waals surface area contributed by atoms with Crippen LogP contribution >= 0.6 is 0 Å². The molecule has 1 N–H and O–H groups in total. The van der Waals surface area contributed by atoms with Crippen molar-refractivity contribution in [2.75, 3.05) is 0 Å². The molecule has 0 bridgehead atoms. The first-order chi connectivity index (χ1) is 14.2. The van der Waals surface area contributed by atoms with Crippen molar-refractivity contribution < 1.29 is 5.11 Å². The Morgan fingerprint density at radius 2 is 1.32 bits per heavy atom. The third kappa shape index (κ3) is 2.83. The van der Waals surface area contributed by atoms with Gasteiger partial charge in [-0.15, -0.1) is 0 Å². The number of aliphatic hydroxyl groups excluding tert-OH is 1. The van der Waals surface area contributed by atoms with Gasteiger partial charge in [-0.05, 0) is 114 Å². The molecule has 0 aliphatic heterocycles. The van der Waals surface area contributed by atoms with E-state index in [-0.39, 0.29) is 11.5 Å². The normalized spacial score (nSPS) is 55.2. The fourth-order valence-corrected chi connectivity index (χ4v) is 10.8. The molecule has 0 spiro atoms. The van der Waals surface area contributed by atoms with E-state index in [4.69, 9.17) is 0 Å². The van der Waals surface area contributed by atoms with Crippen molar-refractivity contribution in [1.29, 1.82) is 0 Å². The van der Waals surface area contributed by atoms with Crippen molar-refractivity contribution >= 4 is 0 Å². The Bertz CT molecular complexity index is 790. The second-order valence-electron chi connectivity index (χ2n) is 15.3. The molecule has 4 saturated carbocycles. The minimum atomic E-state index is -0.122. The van der Waals surface area contributed by atoms with E-state index in [1.165, 1.54) is 57.8 Å². The van der Waals surface area contributed by atoms with Gasteiger partial charge in [-0.1, -0.05) is 67.0 Å². The van der Waals surface area contributed by atoms with Gasteiger partial charge in [0, 0.05) is 0 Å². The molecule has 31 heavy (non-hydrogen) atoms. The lowest BCUT2D eigenvalue weighted by Gasteiger charge is -2.70. The van der Waals surface area contributed by atoms with Gasteiger partial charge in [0.05, 0.1) is 6.10 Å². The summed E-state index contributed by atoms with van der Waals surface area (Å²) >= 11 is 0. The van der Waals surface area contributed by atoms with Crippen LogP contribution in [0.2, 0.25) is 0 Å². The molecule has 4 fully saturated rings. The van der Waals surface area contributed by atoms with Gasteiger partial charge in [-0.25, -0.2) is 0 Å². The Hall–Kier alpha value is -0.300. The van der Waals surface area contributed by atoms with E-state index in [2.05, 4.69) is 61.5 Å². The third-order valence-electron chi connectivity index (χ3n) is 12.7. The van der Waals surface area contributed by atoms with E-state index in [0.29, 0.717) is 33.0 Å². The molecule has 0 saturated heterocycles. The maximum atomic E-state index is 10.9. The summed E-state index contributed by atoms with van der Waals surface area (Å²) in [5, 5.41) is 10.9. The summed E-state index contributed by atoms with van der Waals surface area (Å²) in [6.07, 6.45) is 15.8. The highest BCUT2D eigenvalue weighted by molar-refractivity contribution is 5.34. The van der Waals surface area contributed by atoms with Crippen molar-refractivity contribution in [2.24, 2.45) is 50.2 Å². The van der Waals surface area contributed by atoms with Crippen molar-refractivity contribution in [3.8, 4) is 0 Å². The summed E-state index contributed by atoms with van der Waals surface area (Å²) in [6, 6.07) is 0. The van der Waals surface area contributed by atoms with Gasteiger partial charge >= 0.3 is 0 Å². The molecule has 0 aromatic carbocycles.